The van der Waals surface area contributed by atoms with Gasteiger partial charge in [-0.15, -0.1) is 11.3 Å². The van der Waals surface area contributed by atoms with Gasteiger partial charge in [0, 0.05) is 31.1 Å². The van der Waals surface area contributed by atoms with Gasteiger partial charge in [0.2, 0.25) is 11.8 Å². The first-order valence-electron chi connectivity index (χ1n) is 9.86. The molecule has 0 bridgehead atoms. The SMILES string of the molecule is COc1cc(N2CCc3c(sc4c3C(=O)N(C)CC(=O)N4CC3CC3)C2)ncn1. The van der Waals surface area contributed by atoms with Crippen molar-refractivity contribution in [1.82, 2.24) is 14.9 Å². The zero-order chi connectivity index (χ0) is 20.1. The number of carbonyl (C=O) groups excluding carboxylic acids is 2. The molecule has 3 aliphatic rings. The highest BCUT2D eigenvalue weighted by atomic mass is 32.1. The summed E-state index contributed by atoms with van der Waals surface area (Å²) in [6, 6.07) is 1.82. The lowest BCUT2D eigenvalue weighted by atomic mass is 10.0. The lowest BCUT2D eigenvalue weighted by Gasteiger charge is -2.28. The zero-order valence-corrected chi connectivity index (χ0v) is 17.4. The van der Waals surface area contributed by atoms with Crippen molar-refractivity contribution in [1.29, 1.82) is 0 Å². The monoisotopic (exact) mass is 413 g/mol. The first kappa shape index (κ1) is 18.4. The third-order valence-electron chi connectivity index (χ3n) is 5.82. The first-order chi connectivity index (χ1) is 14.0. The summed E-state index contributed by atoms with van der Waals surface area (Å²) in [5, 5.41) is 0.836. The number of methoxy groups -OCH3 is 1. The van der Waals surface area contributed by atoms with E-state index in [0.29, 0.717) is 18.3 Å². The Bertz CT molecular complexity index is 986. The number of aromatic nitrogens is 2. The van der Waals surface area contributed by atoms with Gasteiger partial charge in [-0.2, -0.15) is 0 Å². The lowest BCUT2D eigenvalue weighted by Crippen LogP contribution is -2.38. The first-order valence-corrected chi connectivity index (χ1v) is 10.7. The normalized spacial score (nSPS) is 19.2. The highest BCUT2D eigenvalue weighted by Crippen LogP contribution is 2.43. The van der Waals surface area contributed by atoms with Crippen LogP contribution in [0.4, 0.5) is 10.8 Å². The van der Waals surface area contributed by atoms with Crippen LogP contribution in [0.25, 0.3) is 0 Å². The van der Waals surface area contributed by atoms with E-state index in [-0.39, 0.29) is 18.4 Å². The molecule has 1 fully saturated rings. The van der Waals surface area contributed by atoms with Gasteiger partial charge in [-0.25, -0.2) is 9.97 Å². The van der Waals surface area contributed by atoms with E-state index in [1.165, 1.54) is 6.33 Å². The molecular formula is C20H23N5O3S. The van der Waals surface area contributed by atoms with Gasteiger partial charge in [-0.1, -0.05) is 0 Å². The minimum absolute atomic E-state index is 0.0162. The average molecular weight is 414 g/mol. The molecule has 1 saturated carbocycles. The smallest absolute Gasteiger partial charge is 0.257 e. The number of thiophene rings is 1. The van der Waals surface area contributed by atoms with Crippen molar-refractivity contribution in [3.05, 3.63) is 28.4 Å². The lowest BCUT2D eigenvalue weighted by molar-refractivity contribution is -0.119. The number of amides is 2. The van der Waals surface area contributed by atoms with E-state index in [0.717, 1.165) is 59.2 Å². The van der Waals surface area contributed by atoms with Crippen LogP contribution < -0.4 is 14.5 Å². The van der Waals surface area contributed by atoms with Gasteiger partial charge in [-0.3, -0.25) is 9.59 Å². The van der Waals surface area contributed by atoms with Crippen LogP contribution >= 0.6 is 11.3 Å². The van der Waals surface area contributed by atoms with E-state index in [1.807, 2.05) is 11.0 Å². The fraction of sp³-hybridized carbons (Fsp3) is 0.500. The number of anilines is 2. The molecule has 0 atom stereocenters. The molecule has 29 heavy (non-hydrogen) atoms. The van der Waals surface area contributed by atoms with Crippen molar-refractivity contribution < 1.29 is 14.3 Å². The Balaban J connectivity index is 1.52. The summed E-state index contributed by atoms with van der Waals surface area (Å²) in [5.74, 6) is 1.87. The van der Waals surface area contributed by atoms with Gasteiger partial charge in [0.1, 0.15) is 23.7 Å². The minimum Gasteiger partial charge on any atom is -0.481 e. The van der Waals surface area contributed by atoms with E-state index in [9.17, 15) is 9.59 Å². The summed E-state index contributed by atoms with van der Waals surface area (Å²) in [5.41, 5.74) is 1.83. The van der Waals surface area contributed by atoms with Crippen molar-refractivity contribution in [3.8, 4) is 5.88 Å². The molecule has 0 radical (unpaired) electrons. The molecule has 5 rings (SSSR count). The Morgan fingerprint density at radius 1 is 1.24 bits per heavy atom. The number of rotatable bonds is 4. The van der Waals surface area contributed by atoms with Crippen molar-refractivity contribution in [2.24, 2.45) is 5.92 Å². The van der Waals surface area contributed by atoms with E-state index in [2.05, 4.69) is 14.9 Å². The summed E-state index contributed by atoms with van der Waals surface area (Å²) in [6.45, 7) is 2.28. The second-order valence-electron chi connectivity index (χ2n) is 7.88. The van der Waals surface area contributed by atoms with E-state index < -0.39 is 0 Å². The predicted octanol–water partition coefficient (Wildman–Crippen LogP) is 1.94. The van der Waals surface area contributed by atoms with Gasteiger partial charge in [0.25, 0.3) is 5.91 Å². The van der Waals surface area contributed by atoms with Gasteiger partial charge >= 0.3 is 0 Å². The summed E-state index contributed by atoms with van der Waals surface area (Å²) in [4.78, 5) is 41.2. The number of nitrogens with zero attached hydrogens (tertiary/aromatic N) is 5. The molecule has 2 aromatic heterocycles. The maximum atomic E-state index is 13.1. The number of carbonyl (C=O) groups is 2. The molecule has 8 nitrogen and oxygen atoms in total. The molecule has 0 unspecified atom stereocenters. The quantitative estimate of drug-likeness (QED) is 0.762. The maximum absolute atomic E-state index is 13.1. The van der Waals surface area contributed by atoms with Crippen LogP contribution in [0.2, 0.25) is 0 Å². The Morgan fingerprint density at radius 3 is 2.83 bits per heavy atom. The van der Waals surface area contributed by atoms with Crippen molar-refractivity contribution >= 4 is 34.0 Å². The Labute approximate surface area is 173 Å². The highest BCUT2D eigenvalue weighted by molar-refractivity contribution is 7.17. The van der Waals surface area contributed by atoms with Gasteiger partial charge in [0.05, 0.1) is 19.2 Å². The fourth-order valence-corrected chi connectivity index (χ4v) is 5.40. The predicted molar refractivity (Wildman–Crippen MR) is 110 cm³/mol. The molecule has 9 heteroatoms. The van der Waals surface area contributed by atoms with Crippen molar-refractivity contribution in [3.63, 3.8) is 0 Å². The van der Waals surface area contributed by atoms with Crippen LogP contribution in [0.1, 0.15) is 33.6 Å². The molecule has 2 aliphatic heterocycles. The second-order valence-corrected chi connectivity index (χ2v) is 8.97. The summed E-state index contributed by atoms with van der Waals surface area (Å²) < 4.78 is 5.22. The molecule has 2 aromatic rings. The zero-order valence-electron chi connectivity index (χ0n) is 16.6. The van der Waals surface area contributed by atoms with E-state index in [1.54, 1.807) is 30.4 Å². The highest BCUT2D eigenvalue weighted by Gasteiger charge is 2.39. The molecule has 0 aromatic carbocycles. The number of hydrogen-bond acceptors (Lipinski definition) is 7. The number of likely N-dealkylation sites (N-methyl/N-ethyl adjacent to an activating group) is 1. The second kappa shape index (κ2) is 6.98. The molecule has 2 amide bonds. The molecular weight excluding hydrogens is 390 g/mol. The van der Waals surface area contributed by atoms with Crippen molar-refractivity contribution in [2.75, 3.05) is 43.6 Å². The van der Waals surface area contributed by atoms with Crippen LogP contribution in [0, 0.1) is 5.92 Å². The summed E-state index contributed by atoms with van der Waals surface area (Å²) in [6.07, 6.45) is 4.58. The number of hydrogen-bond donors (Lipinski definition) is 0. The van der Waals surface area contributed by atoms with Gasteiger partial charge in [-0.05, 0) is 30.7 Å². The third-order valence-corrected chi connectivity index (χ3v) is 7.06. The Hall–Kier alpha value is -2.68. The Kier molecular flexibility index (Phi) is 4.42. The summed E-state index contributed by atoms with van der Waals surface area (Å²) in [7, 11) is 3.31. The fourth-order valence-electron chi connectivity index (χ4n) is 4.02. The van der Waals surface area contributed by atoms with Crippen LogP contribution in [-0.2, 0) is 17.8 Å². The molecule has 4 heterocycles. The van der Waals surface area contributed by atoms with Gasteiger partial charge in [0.15, 0.2) is 0 Å². The third kappa shape index (κ3) is 3.23. The standard InChI is InChI=1S/C20H23N5O3S/c1-23-10-17(26)25(8-12-3-4-12)20-18(19(23)27)13-5-6-24(9-14(13)29-20)15-7-16(28-2)22-11-21-15/h7,11-12H,3-6,8-10H2,1-2H3. The van der Waals surface area contributed by atoms with Gasteiger partial charge < -0.3 is 19.4 Å². The molecule has 152 valence electrons. The largest absolute Gasteiger partial charge is 0.481 e. The van der Waals surface area contributed by atoms with Crippen molar-refractivity contribution in [2.45, 2.75) is 25.8 Å². The Morgan fingerprint density at radius 2 is 2.07 bits per heavy atom. The molecule has 0 N–H and O–H groups in total. The van der Waals surface area contributed by atoms with E-state index >= 15 is 0 Å². The van der Waals surface area contributed by atoms with Crippen LogP contribution in [0.15, 0.2) is 12.4 Å². The topological polar surface area (TPSA) is 78.9 Å². The maximum Gasteiger partial charge on any atom is 0.257 e. The minimum atomic E-state index is -0.0405. The number of ether oxygens (including phenoxy) is 1. The molecule has 0 spiro atoms. The van der Waals surface area contributed by atoms with Crippen LogP contribution in [0.3, 0.4) is 0 Å². The van der Waals surface area contributed by atoms with E-state index in [4.69, 9.17) is 4.74 Å². The number of fused-ring (bicyclic) bond motifs is 3. The molecule has 1 aliphatic carbocycles. The average Bonchev–Trinajstić information content (AvgIpc) is 3.49. The van der Waals surface area contributed by atoms with Crippen LogP contribution in [0.5, 0.6) is 5.88 Å². The van der Waals surface area contributed by atoms with Crippen LogP contribution in [-0.4, -0.2) is 60.5 Å². The molecule has 0 saturated heterocycles. The summed E-state index contributed by atoms with van der Waals surface area (Å²) >= 11 is 1.59.